The van der Waals surface area contributed by atoms with Gasteiger partial charge in [0.2, 0.25) is 0 Å². The number of ether oxygens (including phenoxy) is 1. The van der Waals surface area contributed by atoms with Crippen molar-refractivity contribution in [2.45, 2.75) is 19.3 Å². The van der Waals surface area contributed by atoms with Crippen LogP contribution in [0.15, 0.2) is 24.3 Å². The van der Waals surface area contributed by atoms with Crippen molar-refractivity contribution < 1.29 is 4.74 Å². The van der Waals surface area contributed by atoms with Gasteiger partial charge < -0.3 is 4.74 Å². The van der Waals surface area contributed by atoms with Crippen molar-refractivity contribution in [3.63, 3.8) is 0 Å². The van der Waals surface area contributed by atoms with Crippen LogP contribution in [-0.4, -0.2) is 12.4 Å². The van der Waals surface area contributed by atoms with Gasteiger partial charge in [0, 0.05) is 5.41 Å². The molecule has 0 saturated heterocycles. The molecule has 1 fully saturated rings. The van der Waals surface area contributed by atoms with E-state index in [1.807, 2.05) is 18.2 Å². The summed E-state index contributed by atoms with van der Waals surface area (Å²) in [7, 11) is 0. The maximum Gasteiger partial charge on any atom is 0.137 e. The first-order valence-electron chi connectivity index (χ1n) is 5.52. The molecule has 1 aliphatic carbocycles. The number of nitrogens with zero attached hydrogens (tertiary/aromatic N) is 1. The average molecular weight is 233 g/mol. The minimum atomic E-state index is 0.242. The van der Waals surface area contributed by atoms with E-state index in [0.29, 0.717) is 17.9 Å². The van der Waals surface area contributed by atoms with Crippen molar-refractivity contribution in [2.75, 3.05) is 12.4 Å². The molecule has 2 rings (SSSR count). The van der Waals surface area contributed by atoms with Crippen LogP contribution in [0.4, 0.5) is 0 Å². The molecule has 0 amide bonds. The maximum absolute atomic E-state index is 8.93. The summed E-state index contributed by atoms with van der Waals surface area (Å²) in [6.07, 6.45) is 3.64. The Morgan fingerprint density at radius 2 is 2.12 bits per heavy atom. The number of rotatable bonds is 4. The molecule has 0 bridgehead atoms. The molecular formula is C13H15NOS. The van der Waals surface area contributed by atoms with Crippen LogP contribution in [0.3, 0.4) is 0 Å². The van der Waals surface area contributed by atoms with Gasteiger partial charge in [0.15, 0.2) is 0 Å². The molecule has 3 heteroatoms. The van der Waals surface area contributed by atoms with Gasteiger partial charge in [-0.25, -0.2) is 0 Å². The largest absolute Gasteiger partial charge is 0.492 e. The number of para-hydroxylation sites is 1. The fourth-order valence-corrected chi connectivity index (χ4v) is 2.35. The number of thiol groups is 1. The Labute approximate surface area is 102 Å². The number of hydrogen-bond acceptors (Lipinski definition) is 3. The van der Waals surface area contributed by atoms with Gasteiger partial charge in [-0.1, -0.05) is 18.6 Å². The van der Waals surface area contributed by atoms with Crippen LogP contribution in [0.25, 0.3) is 0 Å². The molecule has 16 heavy (non-hydrogen) atoms. The fraction of sp³-hybridized carbons (Fsp3) is 0.462. The average Bonchev–Trinajstić information content (AvgIpc) is 2.29. The second-order valence-electron chi connectivity index (χ2n) is 4.41. The van der Waals surface area contributed by atoms with Gasteiger partial charge in [0.05, 0.1) is 12.2 Å². The molecule has 0 heterocycles. The molecule has 0 unspecified atom stereocenters. The Hall–Kier alpha value is -1.14. The summed E-state index contributed by atoms with van der Waals surface area (Å²) >= 11 is 4.38. The lowest BCUT2D eigenvalue weighted by Gasteiger charge is -2.40. The van der Waals surface area contributed by atoms with Crippen LogP contribution in [0.2, 0.25) is 0 Å². The van der Waals surface area contributed by atoms with Crippen molar-refractivity contribution in [1.82, 2.24) is 0 Å². The van der Waals surface area contributed by atoms with Crippen LogP contribution in [0, 0.1) is 16.7 Å². The maximum atomic E-state index is 8.93. The van der Waals surface area contributed by atoms with E-state index in [1.54, 1.807) is 6.07 Å². The number of benzene rings is 1. The predicted octanol–water partition coefficient (Wildman–Crippen LogP) is 3.04. The van der Waals surface area contributed by atoms with Crippen LogP contribution < -0.4 is 4.74 Å². The second kappa shape index (κ2) is 4.80. The molecule has 84 valence electrons. The Balaban J connectivity index is 2.02. The highest BCUT2D eigenvalue weighted by Gasteiger charge is 2.36. The van der Waals surface area contributed by atoms with E-state index in [1.165, 1.54) is 19.3 Å². The molecule has 0 radical (unpaired) electrons. The van der Waals surface area contributed by atoms with Gasteiger partial charge in [0.1, 0.15) is 11.8 Å². The lowest BCUT2D eigenvalue weighted by molar-refractivity contribution is 0.0828. The zero-order valence-corrected chi connectivity index (χ0v) is 10.0. The highest BCUT2D eigenvalue weighted by atomic mass is 32.1. The van der Waals surface area contributed by atoms with Gasteiger partial charge in [-0.05, 0) is 30.7 Å². The van der Waals surface area contributed by atoms with Gasteiger partial charge in [0.25, 0.3) is 0 Å². The molecule has 0 atom stereocenters. The summed E-state index contributed by atoms with van der Waals surface area (Å²) in [5, 5.41) is 8.93. The summed E-state index contributed by atoms with van der Waals surface area (Å²) in [4.78, 5) is 0. The van der Waals surface area contributed by atoms with Crippen LogP contribution >= 0.6 is 12.6 Å². The van der Waals surface area contributed by atoms with Crippen LogP contribution in [-0.2, 0) is 0 Å². The lowest BCUT2D eigenvalue weighted by atomic mass is 9.71. The van der Waals surface area contributed by atoms with Crippen LogP contribution in [0.1, 0.15) is 24.8 Å². The molecule has 0 aliphatic heterocycles. The quantitative estimate of drug-likeness (QED) is 0.811. The summed E-state index contributed by atoms with van der Waals surface area (Å²) in [6.45, 7) is 0.676. The van der Waals surface area contributed by atoms with Crippen molar-refractivity contribution >= 4 is 12.6 Å². The third-order valence-electron chi connectivity index (χ3n) is 3.29. The standard InChI is InChI=1S/C13H15NOS/c14-8-11-4-1-2-5-12(11)15-9-13(10-16)6-3-7-13/h1-2,4-5,16H,3,6-7,9-10H2. The summed E-state index contributed by atoms with van der Waals surface area (Å²) < 4.78 is 5.75. The first-order chi connectivity index (χ1) is 7.79. The number of hydrogen-bond donors (Lipinski definition) is 1. The second-order valence-corrected chi connectivity index (χ2v) is 4.72. The molecule has 0 N–H and O–H groups in total. The SMILES string of the molecule is N#Cc1ccccc1OCC1(CS)CCC1. The van der Waals surface area contributed by atoms with Crippen molar-refractivity contribution in [3.05, 3.63) is 29.8 Å². The summed E-state index contributed by atoms with van der Waals surface area (Å²) in [6, 6.07) is 9.52. The molecule has 1 aliphatic rings. The minimum Gasteiger partial charge on any atom is -0.492 e. The van der Waals surface area contributed by atoms with E-state index in [4.69, 9.17) is 10.00 Å². The van der Waals surface area contributed by atoms with E-state index >= 15 is 0 Å². The first kappa shape index (κ1) is 11.3. The molecule has 0 aromatic heterocycles. The van der Waals surface area contributed by atoms with Crippen molar-refractivity contribution in [1.29, 1.82) is 5.26 Å². The highest BCUT2D eigenvalue weighted by Crippen LogP contribution is 2.42. The van der Waals surface area contributed by atoms with Gasteiger partial charge in [-0.3, -0.25) is 0 Å². The smallest absolute Gasteiger partial charge is 0.137 e. The summed E-state index contributed by atoms with van der Waals surface area (Å²) in [5.74, 6) is 1.56. The molecule has 0 spiro atoms. The van der Waals surface area contributed by atoms with E-state index in [9.17, 15) is 0 Å². The third-order valence-corrected chi connectivity index (χ3v) is 3.96. The van der Waals surface area contributed by atoms with Gasteiger partial charge >= 0.3 is 0 Å². The topological polar surface area (TPSA) is 33.0 Å². The Kier molecular flexibility index (Phi) is 3.40. The minimum absolute atomic E-state index is 0.242. The molecular weight excluding hydrogens is 218 g/mol. The molecule has 2 nitrogen and oxygen atoms in total. The third kappa shape index (κ3) is 2.17. The van der Waals surface area contributed by atoms with Gasteiger partial charge in [-0.2, -0.15) is 17.9 Å². The van der Waals surface area contributed by atoms with Gasteiger partial charge in [-0.15, -0.1) is 0 Å². The lowest BCUT2D eigenvalue weighted by Crippen LogP contribution is -2.37. The van der Waals surface area contributed by atoms with E-state index in [0.717, 1.165) is 5.75 Å². The number of nitriles is 1. The van der Waals surface area contributed by atoms with Crippen LogP contribution in [0.5, 0.6) is 5.75 Å². The predicted molar refractivity (Wildman–Crippen MR) is 66.8 cm³/mol. The van der Waals surface area contributed by atoms with Crippen molar-refractivity contribution in [3.8, 4) is 11.8 Å². The Bertz CT molecular complexity index is 401. The Morgan fingerprint density at radius 3 is 2.69 bits per heavy atom. The first-order valence-corrected chi connectivity index (χ1v) is 6.16. The normalized spacial score (nSPS) is 17.2. The molecule has 1 aromatic carbocycles. The van der Waals surface area contributed by atoms with E-state index in [-0.39, 0.29) is 5.41 Å². The van der Waals surface area contributed by atoms with E-state index < -0.39 is 0 Å². The Morgan fingerprint density at radius 1 is 1.38 bits per heavy atom. The summed E-state index contributed by atoms with van der Waals surface area (Å²) in [5.41, 5.74) is 0.849. The molecule has 1 aromatic rings. The van der Waals surface area contributed by atoms with E-state index in [2.05, 4.69) is 18.7 Å². The molecule has 1 saturated carbocycles. The van der Waals surface area contributed by atoms with Crippen molar-refractivity contribution in [2.24, 2.45) is 5.41 Å². The zero-order chi connectivity index (χ0) is 11.4. The monoisotopic (exact) mass is 233 g/mol. The highest BCUT2D eigenvalue weighted by molar-refractivity contribution is 7.80. The fourth-order valence-electron chi connectivity index (χ4n) is 1.94. The zero-order valence-electron chi connectivity index (χ0n) is 9.15.